The summed E-state index contributed by atoms with van der Waals surface area (Å²) in [6.07, 6.45) is 1.87. The predicted octanol–water partition coefficient (Wildman–Crippen LogP) is 14.5. The molecule has 11 aromatic rings. The van der Waals surface area contributed by atoms with Gasteiger partial charge in [-0.3, -0.25) is 4.98 Å². The SMILES string of the molecule is c1ccc(-c2ccc(N(c3ccc(-n4c5ccccc5c5ncccc54)cc3)c3ccc(-c4cccc5c4oc4ccccc45)c(-c4ccccc4)c3)cc2)cc1. The number of pyridine rings is 1. The van der Waals surface area contributed by atoms with Gasteiger partial charge in [0.25, 0.3) is 0 Å². The molecular weight excluding hydrogens is 695 g/mol. The average molecular weight is 730 g/mol. The summed E-state index contributed by atoms with van der Waals surface area (Å²) in [6.45, 7) is 0. The lowest BCUT2D eigenvalue weighted by Crippen LogP contribution is -2.10. The van der Waals surface area contributed by atoms with E-state index in [9.17, 15) is 0 Å². The van der Waals surface area contributed by atoms with E-state index in [0.29, 0.717) is 0 Å². The minimum absolute atomic E-state index is 0.892. The van der Waals surface area contributed by atoms with E-state index in [4.69, 9.17) is 9.40 Å². The van der Waals surface area contributed by atoms with E-state index in [1.807, 2.05) is 24.4 Å². The molecule has 0 radical (unpaired) electrons. The number of rotatable bonds is 7. The topological polar surface area (TPSA) is 34.2 Å². The van der Waals surface area contributed by atoms with Crippen LogP contribution in [-0.4, -0.2) is 9.55 Å². The lowest BCUT2D eigenvalue weighted by atomic mass is 9.92. The van der Waals surface area contributed by atoms with Crippen LogP contribution in [0.4, 0.5) is 17.1 Å². The fourth-order valence-electron chi connectivity index (χ4n) is 8.42. The van der Waals surface area contributed by atoms with Gasteiger partial charge in [-0.15, -0.1) is 0 Å². The molecule has 0 spiro atoms. The van der Waals surface area contributed by atoms with Crippen LogP contribution in [-0.2, 0) is 0 Å². The molecule has 4 heteroatoms. The molecule has 0 bridgehead atoms. The van der Waals surface area contributed by atoms with Gasteiger partial charge in [0.15, 0.2) is 0 Å². The number of fused-ring (bicyclic) bond motifs is 6. The number of hydrogen-bond acceptors (Lipinski definition) is 3. The Balaban J connectivity index is 1.09. The van der Waals surface area contributed by atoms with Crippen molar-refractivity contribution in [1.82, 2.24) is 9.55 Å². The monoisotopic (exact) mass is 729 g/mol. The van der Waals surface area contributed by atoms with Crippen molar-refractivity contribution < 1.29 is 4.42 Å². The maximum Gasteiger partial charge on any atom is 0.143 e. The highest BCUT2D eigenvalue weighted by molar-refractivity contribution is 6.11. The Morgan fingerprint density at radius 2 is 1.02 bits per heavy atom. The van der Waals surface area contributed by atoms with Gasteiger partial charge in [-0.2, -0.15) is 0 Å². The molecule has 3 aromatic heterocycles. The van der Waals surface area contributed by atoms with Crippen molar-refractivity contribution in [1.29, 1.82) is 0 Å². The molecule has 0 aliphatic rings. The predicted molar refractivity (Wildman–Crippen MR) is 237 cm³/mol. The molecule has 268 valence electrons. The van der Waals surface area contributed by atoms with Crippen LogP contribution in [0.3, 0.4) is 0 Å². The maximum absolute atomic E-state index is 6.57. The summed E-state index contributed by atoms with van der Waals surface area (Å²) in [4.78, 5) is 7.12. The molecule has 11 rings (SSSR count). The fraction of sp³-hybridized carbons (Fsp3) is 0. The summed E-state index contributed by atoms with van der Waals surface area (Å²) >= 11 is 0. The molecule has 0 atom stereocenters. The van der Waals surface area contributed by atoms with Crippen LogP contribution in [0.25, 0.3) is 82.9 Å². The Labute approximate surface area is 330 Å². The number of aromatic nitrogens is 2. The van der Waals surface area contributed by atoms with E-state index in [2.05, 4.69) is 198 Å². The smallest absolute Gasteiger partial charge is 0.143 e. The van der Waals surface area contributed by atoms with Crippen LogP contribution >= 0.6 is 0 Å². The van der Waals surface area contributed by atoms with Crippen molar-refractivity contribution in [3.63, 3.8) is 0 Å². The lowest BCUT2D eigenvalue weighted by molar-refractivity contribution is 0.670. The molecule has 0 saturated heterocycles. The zero-order valence-electron chi connectivity index (χ0n) is 31.0. The van der Waals surface area contributed by atoms with Crippen molar-refractivity contribution in [2.75, 3.05) is 4.90 Å². The summed E-state index contributed by atoms with van der Waals surface area (Å²) in [5.74, 6) is 0. The summed E-state index contributed by atoms with van der Waals surface area (Å²) < 4.78 is 8.88. The number of anilines is 3. The highest BCUT2D eigenvalue weighted by atomic mass is 16.3. The van der Waals surface area contributed by atoms with Gasteiger partial charge in [0.2, 0.25) is 0 Å². The molecule has 57 heavy (non-hydrogen) atoms. The quantitative estimate of drug-likeness (QED) is 0.164. The number of para-hydroxylation sites is 3. The summed E-state index contributed by atoms with van der Waals surface area (Å²) in [7, 11) is 0. The molecule has 0 fully saturated rings. The van der Waals surface area contributed by atoms with Gasteiger partial charge in [0.05, 0.1) is 16.6 Å². The molecule has 0 saturated carbocycles. The zero-order chi connectivity index (χ0) is 37.7. The first-order valence-electron chi connectivity index (χ1n) is 19.3. The number of hydrogen-bond donors (Lipinski definition) is 0. The summed E-state index contributed by atoms with van der Waals surface area (Å²) in [5.41, 5.74) is 16.1. The second-order valence-corrected chi connectivity index (χ2v) is 14.4. The third kappa shape index (κ3) is 5.58. The summed E-state index contributed by atoms with van der Waals surface area (Å²) in [5, 5.41) is 3.38. The van der Waals surface area contributed by atoms with Gasteiger partial charge in [0, 0.05) is 50.7 Å². The Kier molecular flexibility index (Phi) is 7.78. The van der Waals surface area contributed by atoms with Crippen molar-refractivity contribution in [3.8, 4) is 39.1 Å². The van der Waals surface area contributed by atoms with E-state index >= 15 is 0 Å². The number of furan rings is 1. The fourth-order valence-corrected chi connectivity index (χ4v) is 8.42. The molecule has 3 heterocycles. The van der Waals surface area contributed by atoms with E-state index in [-0.39, 0.29) is 0 Å². The second-order valence-electron chi connectivity index (χ2n) is 14.4. The van der Waals surface area contributed by atoms with Gasteiger partial charge in [-0.05, 0) is 101 Å². The molecule has 0 amide bonds. The largest absolute Gasteiger partial charge is 0.455 e. The van der Waals surface area contributed by atoms with Crippen LogP contribution in [0, 0.1) is 0 Å². The number of benzene rings is 8. The van der Waals surface area contributed by atoms with E-state index in [1.54, 1.807) is 0 Å². The third-order valence-corrected chi connectivity index (χ3v) is 11.1. The van der Waals surface area contributed by atoms with Gasteiger partial charge >= 0.3 is 0 Å². The van der Waals surface area contributed by atoms with Crippen LogP contribution in [0.2, 0.25) is 0 Å². The molecule has 0 N–H and O–H groups in total. The van der Waals surface area contributed by atoms with Crippen LogP contribution in [0.5, 0.6) is 0 Å². The molecule has 0 unspecified atom stereocenters. The van der Waals surface area contributed by atoms with Gasteiger partial charge < -0.3 is 13.9 Å². The van der Waals surface area contributed by atoms with E-state index in [0.717, 1.165) is 88.9 Å². The first kappa shape index (κ1) is 32.7. The van der Waals surface area contributed by atoms with Gasteiger partial charge in [-0.25, -0.2) is 0 Å². The Bertz CT molecular complexity index is 3160. The van der Waals surface area contributed by atoms with E-state index in [1.165, 1.54) is 11.1 Å². The first-order chi connectivity index (χ1) is 28.3. The zero-order valence-corrected chi connectivity index (χ0v) is 31.0. The maximum atomic E-state index is 6.57. The average Bonchev–Trinajstić information content (AvgIpc) is 3.84. The minimum Gasteiger partial charge on any atom is -0.455 e. The standard InChI is InChI=1S/C53H35N3O/c1-3-13-36(14-4-1)37-24-26-39(27-25-37)55(40-28-30-41(31-29-40)56-49-21-9-7-18-47(49)52-50(56)22-12-34-54-52)42-32-33-43(48(35-42)38-15-5-2-6-16-38)45-19-11-20-46-44-17-8-10-23-51(44)57-53(45)46/h1-35H. The molecule has 4 nitrogen and oxygen atoms in total. The number of nitrogens with zero attached hydrogens (tertiary/aromatic N) is 3. The summed E-state index contributed by atoms with van der Waals surface area (Å²) in [6, 6.07) is 73.2. The Morgan fingerprint density at radius 3 is 1.81 bits per heavy atom. The molecule has 0 aliphatic carbocycles. The highest BCUT2D eigenvalue weighted by Gasteiger charge is 2.20. The highest BCUT2D eigenvalue weighted by Crippen LogP contribution is 2.44. The minimum atomic E-state index is 0.892. The van der Waals surface area contributed by atoms with Crippen molar-refractivity contribution >= 4 is 60.9 Å². The van der Waals surface area contributed by atoms with Crippen molar-refractivity contribution in [3.05, 3.63) is 212 Å². The van der Waals surface area contributed by atoms with Gasteiger partial charge in [-0.1, -0.05) is 133 Å². The van der Waals surface area contributed by atoms with Crippen molar-refractivity contribution in [2.24, 2.45) is 0 Å². The molecule has 8 aromatic carbocycles. The molecule has 0 aliphatic heterocycles. The second kappa shape index (κ2) is 13.6. The van der Waals surface area contributed by atoms with Gasteiger partial charge in [0.1, 0.15) is 11.2 Å². The normalized spacial score (nSPS) is 11.5. The van der Waals surface area contributed by atoms with Crippen LogP contribution < -0.4 is 4.90 Å². The van der Waals surface area contributed by atoms with Crippen LogP contribution in [0.15, 0.2) is 217 Å². The first-order valence-corrected chi connectivity index (χ1v) is 19.3. The van der Waals surface area contributed by atoms with Crippen molar-refractivity contribution in [2.45, 2.75) is 0 Å². The Morgan fingerprint density at radius 1 is 0.404 bits per heavy atom. The molecular formula is C53H35N3O. The Hall–Kier alpha value is -7.69. The lowest BCUT2D eigenvalue weighted by Gasteiger charge is -2.27. The third-order valence-electron chi connectivity index (χ3n) is 11.1. The van der Waals surface area contributed by atoms with E-state index < -0.39 is 0 Å². The van der Waals surface area contributed by atoms with Crippen LogP contribution in [0.1, 0.15) is 0 Å².